The Morgan fingerprint density at radius 2 is 1.89 bits per heavy atom. The van der Waals surface area contributed by atoms with Gasteiger partial charge < -0.3 is 10.1 Å². The van der Waals surface area contributed by atoms with E-state index >= 15 is 0 Å². The number of hydrogen-bond donors (Lipinski definition) is 3. The summed E-state index contributed by atoms with van der Waals surface area (Å²) in [6.07, 6.45) is 7.34. The van der Waals surface area contributed by atoms with E-state index in [0.717, 1.165) is 18.4 Å². The number of benzene rings is 1. The van der Waals surface area contributed by atoms with Gasteiger partial charge in [0.05, 0.1) is 5.56 Å². The van der Waals surface area contributed by atoms with Crippen LogP contribution in [0.15, 0.2) is 27.8 Å². The molecule has 7 heteroatoms. The molecule has 27 heavy (non-hydrogen) atoms. The summed E-state index contributed by atoms with van der Waals surface area (Å²) in [4.78, 5) is 40.4. The first kappa shape index (κ1) is 18.9. The van der Waals surface area contributed by atoms with Crippen LogP contribution in [-0.4, -0.2) is 22.4 Å². The number of unbranched alkanes of at least 4 members (excludes halogenated alkanes) is 5. The number of hydrogen-bond acceptors (Lipinski definition) is 4. The third-order valence-electron chi connectivity index (χ3n) is 4.72. The van der Waals surface area contributed by atoms with Crippen LogP contribution in [0.4, 0.5) is 0 Å². The molecule has 1 amide bonds. The van der Waals surface area contributed by atoms with Gasteiger partial charge in [-0.2, -0.15) is 0 Å². The van der Waals surface area contributed by atoms with Crippen LogP contribution < -0.4 is 21.3 Å². The van der Waals surface area contributed by atoms with Crippen molar-refractivity contribution in [2.45, 2.75) is 51.9 Å². The molecule has 0 aliphatic carbocycles. The van der Waals surface area contributed by atoms with Crippen molar-refractivity contribution in [2.75, 3.05) is 6.54 Å². The predicted octanol–water partition coefficient (Wildman–Crippen LogP) is 2.85. The van der Waals surface area contributed by atoms with Gasteiger partial charge in [-0.05, 0) is 24.6 Å². The number of H-pyrrole nitrogens is 2. The van der Waals surface area contributed by atoms with Crippen molar-refractivity contribution in [3.63, 3.8) is 0 Å². The Balaban J connectivity index is 1.59. The SMILES string of the molecule is CCCCCCCCNC(=O)c1ccc2c(c1)Cc1c([nH]c(=O)[nH]c1=O)O2. The Bertz CT molecular complexity index is 930. The summed E-state index contributed by atoms with van der Waals surface area (Å²) in [7, 11) is 0. The zero-order valence-electron chi connectivity index (χ0n) is 15.5. The number of amides is 1. The number of fused-ring (bicyclic) bond motifs is 2. The predicted molar refractivity (Wildman–Crippen MR) is 103 cm³/mol. The molecular formula is C20H25N3O4. The molecule has 0 spiro atoms. The fourth-order valence-electron chi connectivity index (χ4n) is 3.21. The van der Waals surface area contributed by atoms with E-state index in [9.17, 15) is 14.4 Å². The maximum atomic E-state index is 12.4. The lowest BCUT2D eigenvalue weighted by atomic mass is 10.0. The van der Waals surface area contributed by atoms with E-state index in [1.54, 1.807) is 18.2 Å². The second-order valence-electron chi connectivity index (χ2n) is 6.84. The highest BCUT2D eigenvalue weighted by atomic mass is 16.5. The molecule has 0 unspecified atom stereocenters. The Kier molecular flexibility index (Phi) is 6.11. The number of aromatic nitrogens is 2. The second-order valence-corrected chi connectivity index (χ2v) is 6.84. The zero-order chi connectivity index (χ0) is 19.2. The van der Waals surface area contributed by atoms with E-state index in [2.05, 4.69) is 22.2 Å². The van der Waals surface area contributed by atoms with E-state index in [4.69, 9.17) is 4.74 Å². The Morgan fingerprint density at radius 3 is 2.70 bits per heavy atom. The monoisotopic (exact) mass is 371 g/mol. The summed E-state index contributed by atoms with van der Waals surface area (Å²) in [5, 5.41) is 2.94. The van der Waals surface area contributed by atoms with Crippen LogP contribution >= 0.6 is 0 Å². The lowest BCUT2D eigenvalue weighted by Crippen LogP contribution is -2.28. The molecule has 3 rings (SSSR count). The van der Waals surface area contributed by atoms with Crippen molar-refractivity contribution >= 4 is 5.91 Å². The normalized spacial score (nSPS) is 12.0. The highest BCUT2D eigenvalue weighted by molar-refractivity contribution is 5.94. The smallest absolute Gasteiger partial charge is 0.328 e. The van der Waals surface area contributed by atoms with Crippen molar-refractivity contribution < 1.29 is 9.53 Å². The molecule has 0 saturated heterocycles. The van der Waals surface area contributed by atoms with Crippen molar-refractivity contribution in [1.29, 1.82) is 0 Å². The molecule has 1 aliphatic rings. The molecule has 2 heterocycles. The molecule has 7 nitrogen and oxygen atoms in total. The first-order valence-electron chi connectivity index (χ1n) is 9.53. The Morgan fingerprint density at radius 1 is 1.11 bits per heavy atom. The zero-order valence-corrected chi connectivity index (χ0v) is 15.5. The molecule has 0 atom stereocenters. The van der Waals surface area contributed by atoms with Crippen molar-refractivity contribution in [3.8, 4) is 11.6 Å². The summed E-state index contributed by atoms with van der Waals surface area (Å²) in [6.45, 7) is 2.85. The lowest BCUT2D eigenvalue weighted by molar-refractivity contribution is 0.0953. The van der Waals surface area contributed by atoms with Crippen LogP contribution in [0.2, 0.25) is 0 Å². The highest BCUT2D eigenvalue weighted by Gasteiger charge is 2.22. The average molecular weight is 371 g/mol. The van der Waals surface area contributed by atoms with Crippen molar-refractivity contribution in [3.05, 3.63) is 55.7 Å². The molecule has 0 saturated carbocycles. The van der Waals surface area contributed by atoms with Gasteiger partial charge in [-0.3, -0.25) is 19.6 Å². The van der Waals surface area contributed by atoms with Crippen molar-refractivity contribution in [1.82, 2.24) is 15.3 Å². The van der Waals surface area contributed by atoms with Crippen LogP contribution in [0.1, 0.15) is 66.9 Å². The quantitative estimate of drug-likeness (QED) is 0.530. The fraction of sp³-hybridized carbons (Fsp3) is 0.450. The molecule has 2 aromatic rings. The summed E-state index contributed by atoms with van der Waals surface area (Å²) < 4.78 is 5.61. The fourth-order valence-corrected chi connectivity index (χ4v) is 3.21. The maximum Gasteiger partial charge on any atom is 0.328 e. The van der Waals surface area contributed by atoms with Gasteiger partial charge in [0, 0.05) is 24.1 Å². The third-order valence-corrected chi connectivity index (χ3v) is 4.72. The average Bonchev–Trinajstić information content (AvgIpc) is 2.65. The van der Waals surface area contributed by atoms with Gasteiger partial charge in [-0.1, -0.05) is 39.0 Å². The van der Waals surface area contributed by atoms with Gasteiger partial charge in [0.2, 0.25) is 5.88 Å². The Hall–Kier alpha value is -2.83. The molecule has 1 aromatic heterocycles. The molecule has 0 fully saturated rings. The lowest BCUT2D eigenvalue weighted by Gasteiger charge is -2.19. The van der Waals surface area contributed by atoms with Crippen LogP contribution in [0.5, 0.6) is 11.6 Å². The Labute approximate surface area is 157 Å². The molecular weight excluding hydrogens is 346 g/mol. The van der Waals surface area contributed by atoms with Crippen LogP contribution in [0, 0.1) is 0 Å². The molecule has 3 N–H and O–H groups in total. The van der Waals surface area contributed by atoms with E-state index in [1.165, 1.54) is 25.7 Å². The molecule has 144 valence electrons. The topological polar surface area (TPSA) is 104 Å². The minimum atomic E-state index is -0.604. The summed E-state index contributed by atoms with van der Waals surface area (Å²) in [5.41, 5.74) is 0.553. The second kappa shape index (κ2) is 8.70. The first-order chi connectivity index (χ1) is 13.1. The molecule has 1 aromatic carbocycles. The number of carbonyl (C=O) groups is 1. The number of nitrogens with one attached hydrogen (secondary N) is 3. The van der Waals surface area contributed by atoms with Gasteiger partial charge >= 0.3 is 5.69 Å². The van der Waals surface area contributed by atoms with Gasteiger partial charge in [0.25, 0.3) is 11.5 Å². The van der Waals surface area contributed by atoms with Gasteiger partial charge in [0.15, 0.2) is 0 Å². The summed E-state index contributed by atoms with van der Waals surface area (Å²) in [5.74, 6) is 0.570. The van der Waals surface area contributed by atoms with E-state index in [0.29, 0.717) is 29.8 Å². The van der Waals surface area contributed by atoms with Crippen LogP contribution in [-0.2, 0) is 6.42 Å². The van der Waals surface area contributed by atoms with Gasteiger partial charge in [-0.25, -0.2) is 4.79 Å². The minimum Gasteiger partial charge on any atom is -0.440 e. The molecule has 0 radical (unpaired) electrons. The van der Waals surface area contributed by atoms with Gasteiger partial charge in [-0.15, -0.1) is 0 Å². The highest BCUT2D eigenvalue weighted by Crippen LogP contribution is 2.33. The third kappa shape index (κ3) is 4.67. The van der Waals surface area contributed by atoms with Crippen LogP contribution in [0.3, 0.4) is 0 Å². The summed E-state index contributed by atoms with van der Waals surface area (Å²) in [6, 6.07) is 5.11. The van der Waals surface area contributed by atoms with Gasteiger partial charge in [0.1, 0.15) is 5.75 Å². The van der Waals surface area contributed by atoms with Crippen molar-refractivity contribution in [2.24, 2.45) is 0 Å². The van der Waals surface area contributed by atoms with E-state index < -0.39 is 11.2 Å². The minimum absolute atomic E-state index is 0.132. The van der Waals surface area contributed by atoms with Crippen LogP contribution in [0.25, 0.3) is 0 Å². The largest absolute Gasteiger partial charge is 0.440 e. The molecule has 1 aliphatic heterocycles. The number of carbonyl (C=O) groups excluding carboxylic acids is 1. The maximum absolute atomic E-state index is 12.4. The molecule has 0 bridgehead atoms. The standard InChI is InChI=1S/C20H25N3O4/c1-2-3-4-5-6-7-10-21-17(24)13-8-9-16-14(11-13)12-15-18(25)22-20(26)23-19(15)27-16/h8-9,11H,2-7,10,12H2,1H3,(H,21,24)(H2,22,23,25,26). The van der Waals surface area contributed by atoms with E-state index in [1.807, 2.05) is 0 Å². The summed E-state index contributed by atoms with van der Waals surface area (Å²) >= 11 is 0. The number of ether oxygens (including phenoxy) is 1. The first-order valence-corrected chi connectivity index (χ1v) is 9.53. The number of aromatic amines is 2. The van der Waals surface area contributed by atoms with E-state index in [-0.39, 0.29) is 11.8 Å². The number of rotatable bonds is 8.